The Balaban J connectivity index is 0. The van der Waals surface area contributed by atoms with Gasteiger partial charge in [0.15, 0.2) is 0 Å². The van der Waals surface area contributed by atoms with Crippen LogP contribution in [0.3, 0.4) is 0 Å². The number of carbonyl (C=O) groups excluding carboxylic acids is 2. The molecule has 11 heavy (non-hydrogen) atoms. The number of ketones is 1. The average Bonchev–Trinajstić information content (AvgIpc) is 1.89. The first-order valence-electron chi connectivity index (χ1n) is 3.00. The molecule has 0 aromatic rings. The van der Waals surface area contributed by atoms with E-state index in [2.05, 4.69) is 0 Å². The second kappa shape index (κ2) is 6.75. The van der Waals surface area contributed by atoms with E-state index in [1.165, 1.54) is 24.8 Å². The van der Waals surface area contributed by atoms with E-state index in [1.807, 2.05) is 0 Å². The molecule has 0 atom stereocenters. The number of nitrogens with zero attached hydrogens (tertiary/aromatic N) is 2. The highest BCUT2D eigenvalue weighted by molar-refractivity contribution is 5.90. The van der Waals surface area contributed by atoms with E-state index < -0.39 is 5.78 Å². The number of carbonyl (C=O) groups is 2. The van der Waals surface area contributed by atoms with Gasteiger partial charge in [0.05, 0.1) is 0 Å². The molecule has 1 amide bonds. The smallest absolute Gasteiger partial charge is 0.228 e. The van der Waals surface area contributed by atoms with Gasteiger partial charge < -0.3 is 4.90 Å². The predicted molar refractivity (Wildman–Crippen MR) is 40.7 cm³/mol. The first kappa shape index (κ1) is 12.3. The molecule has 0 rings (SSSR count). The van der Waals surface area contributed by atoms with Crippen molar-refractivity contribution in [2.75, 3.05) is 14.1 Å². The first-order chi connectivity index (χ1) is 4.91. The summed E-state index contributed by atoms with van der Waals surface area (Å²) in [4.78, 5) is 21.0. The largest absolute Gasteiger partial charge is 0.349 e. The van der Waals surface area contributed by atoms with Crippen molar-refractivity contribution in [3.05, 3.63) is 0 Å². The Morgan fingerprint density at radius 3 is 1.45 bits per heavy atom. The summed E-state index contributed by atoms with van der Waals surface area (Å²) >= 11 is 0. The molecule has 0 aliphatic rings. The molecule has 0 fully saturated rings. The molecule has 4 nitrogen and oxygen atoms in total. The highest BCUT2D eigenvalue weighted by Gasteiger charge is 1.87. The van der Waals surface area contributed by atoms with Gasteiger partial charge in [0.1, 0.15) is 6.07 Å². The van der Waals surface area contributed by atoms with Crippen LogP contribution >= 0.6 is 0 Å². The minimum Gasteiger partial charge on any atom is -0.349 e. The van der Waals surface area contributed by atoms with Gasteiger partial charge in [0.25, 0.3) is 0 Å². The molecule has 0 unspecified atom stereocenters. The summed E-state index contributed by atoms with van der Waals surface area (Å²) in [7, 11) is 3.45. The van der Waals surface area contributed by atoms with Crippen LogP contribution in [0.5, 0.6) is 0 Å². The van der Waals surface area contributed by atoms with Crippen molar-refractivity contribution in [2.45, 2.75) is 13.8 Å². The molecular weight excluding hydrogens is 144 g/mol. The highest BCUT2D eigenvalue weighted by atomic mass is 16.2. The van der Waals surface area contributed by atoms with Crippen LogP contribution in [0.25, 0.3) is 0 Å². The van der Waals surface area contributed by atoms with Crippen LogP contribution < -0.4 is 0 Å². The second-order valence-electron chi connectivity index (χ2n) is 2.08. The molecular formula is C7H12N2O2. The fraction of sp³-hybridized carbons (Fsp3) is 0.571. The molecule has 62 valence electrons. The van der Waals surface area contributed by atoms with Gasteiger partial charge >= 0.3 is 0 Å². The van der Waals surface area contributed by atoms with Crippen molar-refractivity contribution in [2.24, 2.45) is 0 Å². The van der Waals surface area contributed by atoms with E-state index in [9.17, 15) is 9.59 Å². The average molecular weight is 156 g/mol. The number of rotatable bonds is 0. The summed E-state index contributed by atoms with van der Waals surface area (Å²) in [6.07, 6.45) is 0. The van der Waals surface area contributed by atoms with E-state index in [-0.39, 0.29) is 5.91 Å². The molecule has 0 radical (unpaired) electrons. The molecule has 0 saturated heterocycles. The van der Waals surface area contributed by atoms with E-state index in [1.54, 1.807) is 14.1 Å². The van der Waals surface area contributed by atoms with Gasteiger partial charge in [-0.25, -0.2) is 0 Å². The van der Waals surface area contributed by atoms with E-state index in [0.717, 1.165) is 0 Å². The van der Waals surface area contributed by atoms with E-state index in [0.29, 0.717) is 0 Å². The number of hydrogen-bond donors (Lipinski definition) is 0. The van der Waals surface area contributed by atoms with Crippen molar-refractivity contribution in [3.8, 4) is 6.07 Å². The van der Waals surface area contributed by atoms with Gasteiger partial charge in [-0.2, -0.15) is 5.26 Å². The highest BCUT2D eigenvalue weighted by Crippen LogP contribution is 1.69. The molecule has 0 aromatic heterocycles. The Labute approximate surface area is 66.4 Å². The number of amides is 1. The van der Waals surface area contributed by atoms with E-state index >= 15 is 0 Å². The van der Waals surface area contributed by atoms with Crippen LogP contribution in [0.1, 0.15) is 13.8 Å². The molecule has 0 saturated carbocycles. The monoisotopic (exact) mass is 156 g/mol. The molecule has 0 N–H and O–H groups in total. The minimum atomic E-state index is -0.440. The molecule has 0 bridgehead atoms. The van der Waals surface area contributed by atoms with Crippen molar-refractivity contribution >= 4 is 11.7 Å². The SMILES string of the molecule is CC(=O)C#N.CC(=O)N(C)C. The predicted octanol–water partition coefficient (Wildman–Crippen LogP) is 0.193. The lowest BCUT2D eigenvalue weighted by Crippen LogP contribution is -2.17. The Kier molecular flexibility index (Phi) is 7.56. The van der Waals surface area contributed by atoms with Crippen LogP contribution in [0, 0.1) is 11.3 Å². The summed E-state index contributed by atoms with van der Waals surface area (Å²) in [5.41, 5.74) is 0. The Hall–Kier alpha value is -1.37. The van der Waals surface area contributed by atoms with Gasteiger partial charge in [-0.15, -0.1) is 0 Å². The van der Waals surface area contributed by atoms with Gasteiger partial charge in [-0.1, -0.05) is 0 Å². The van der Waals surface area contributed by atoms with Crippen LogP contribution in [0.4, 0.5) is 0 Å². The molecule has 0 aromatic carbocycles. The van der Waals surface area contributed by atoms with Crippen molar-refractivity contribution in [1.29, 1.82) is 5.26 Å². The number of Topliss-reactive ketones (excluding diaryl/α,β-unsaturated/α-hetero) is 1. The third-order valence-corrected chi connectivity index (χ3v) is 0.787. The van der Waals surface area contributed by atoms with Crippen molar-refractivity contribution in [3.63, 3.8) is 0 Å². The van der Waals surface area contributed by atoms with Crippen LogP contribution in [-0.2, 0) is 9.59 Å². The summed E-state index contributed by atoms with van der Waals surface area (Å²) in [6.45, 7) is 2.75. The zero-order valence-corrected chi connectivity index (χ0v) is 7.21. The van der Waals surface area contributed by atoms with Crippen LogP contribution in [0.2, 0.25) is 0 Å². The summed E-state index contributed by atoms with van der Waals surface area (Å²) < 4.78 is 0. The zero-order chi connectivity index (χ0) is 9.44. The summed E-state index contributed by atoms with van der Waals surface area (Å²) in [6, 6.07) is 1.39. The molecule has 0 heterocycles. The first-order valence-corrected chi connectivity index (χ1v) is 3.00. The van der Waals surface area contributed by atoms with Crippen LogP contribution in [0.15, 0.2) is 0 Å². The van der Waals surface area contributed by atoms with Crippen LogP contribution in [-0.4, -0.2) is 30.7 Å². The fourth-order valence-corrected chi connectivity index (χ4v) is 0. The Bertz CT molecular complexity index is 179. The normalized spacial score (nSPS) is 6.82. The summed E-state index contributed by atoms with van der Waals surface area (Å²) in [5.74, 6) is -0.347. The third-order valence-electron chi connectivity index (χ3n) is 0.787. The lowest BCUT2D eigenvalue weighted by Gasteiger charge is -2.02. The van der Waals surface area contributed by atoms with Gasteiger partial charge in [-0.05, 0) is 0 Å². The number of hydrogen-bond acceptors (Lipinski definition) is 3. The van der Waals surface area contributed by atoms with Gasteiger partial charge in [0.2, 0.25) is 11.7 Å². The molecule has 0 aliphatic heterocycles. The maximum Gasteiger partial charge on any atom is 0.228 e. The van der Waals surface area contributed by atoms with Gasteiger partial charge in [-0.3, -0.25) is 9.59 Å². The molecule has 0 aliphatic carbocycles. The van der Waals surface area contributed by atoms with Crippen molar-refractivity contribution < 1.29 is 9.59 Å². The van der Waals surface area contributed by atoms with E-state index in [4.69, 9.17) is 5.26 Å². The minimum absolute atomic E-state index is 0.0926. The maximum absolute atomic E-state index is 10.1. The number of nitriles is 1. The molecule has 4 heteroatoms. The second-order valence-corrected chi connectivity index (χ2v) is 2.08. The van der Waals surface area contributed by atoms with Gasteiger partial charge in [0, 0.05) is 27.9 Å². The fourth-order valence-electron chi connectivity index (χ4n) is 0. The third kappa shape index (κ3) is 17.7. The topological polar surface area (TPSA) is 61.2 Å². The molecule has 0 spiro atoms. The van der Waals surface area contributed by atoms with Crippen molar-refractivity contribution in [1.82, 2.24) is 4.90 Å². The quantitative estimate of drug-likeness (QED) is 0.470. The lowest BCUT2D eigenvalue weighted by molar-refractivity contribution is -0.126. The zero-order valence-electron chi connectivity index (χ0n) is 7.21. The lowest BCUT2D eigenvalue weighted by atomic mass is 10.5. The maximum atomic E-state index is 10.1. The standard InChI is InChI=1S/C4H9NO.C3H3NO/c1-4(6)5(2)3;1-3(5)2-4/h1-3H3;1H3. The Morgan fingerprint density at radius 2 is 1.45 bits per heavy atom. The summed E-state index contributed by atoms with van der Waals surface area (Å²) in [5, 5.41) is 7.54. The Morgan fingerprint density at radius 1 is 1.27 bits per heavy atom.